The second-order valence-electron chi connectivity index (χ2n) is 6.75. The summed E-state index contributed by atoms with van der Waals surface area (Å²) >= 11 is 0. The molecule has 1 aliphatic heterocycles. The van der Waals surface area contributed by atoms with Crippen molar-refractivity contribution in [3.05, 3.63) is 40.0 Å². The summed E-state index contributed by atoms with van der Waals surface area (Å²) in [5.41, 5.74) is 4.19. The minimum atomic E-state index is -1.04. The first-order valence-electron chi connectivity index (χ1n) is 7.79. The highest BCUT2D eigenvalue weighted by atomic mass is 19.1. The van der Waals surface area contributed by atoms with E-state index in [1.54, 1.807) is 12.3 Å². The van der Waals surface area contributed by atoms with Crippen molar-refractivity contribution in [1.29, 1.82) is 0 Å². The zero-order chi connectivity index (χ0) is 17.3. The van der Waals surface area contributed by atoms with Crippen molar-refractivity contribution >= 4 is 13.2 Å². The van der Waals surface area contributed by atoms with Crippen LogP contribution in [0.3, 0.4) is 0 Å². The van der Waals surface area contributed by atoms with Gasteiger partial charge in [-0.05, 0) is 58.4 Å². The van der Waals surface area contributed by atoms with Crippen LogP contribution in [0.4, 0.5) is 4.39 Å². The standard InChI is InChI=1S/C16H24BFN2O3/c1-15(2)16(3,4)23-17(22-15)13(18)10-12-6-7-14(21)20(11-12)9-5-8-19/h6-7,10-11H,5,8-9,19H2,1-4H3. The number of nitrogens with zero attached hydrogens (tertiary/aromatic N) is 1. The molecular weight excluding hydrogens is 298 g/mol. The molecule has 0 saturated carbocycles. The number of hydrogen-bond acceptors (Lipinski definition) is 4. The molecule has 0 amide bonds. The van der Waals surface area contributed by atoms with Crippen LogP contribution >= 0.6 is 0 Å². The van der Waals surface area contributed by atoms with Gasteiger partial charge in [-0.2, -0.15) is 0 Å². The molecular formula is C16H24BFN2O3. The lowest BCUT2D eigenvalue weighted by Gasteiger charge is -2.32. The third kappa shape index (κ3) is 3.91. The maximum atomic E-state index is 14.5. The van der Waals surface area contributed by atoms with E-state index < -0.39 is 24.0 Å². The van der Waals surface area contributed by atoms with Crippen LogP contribution in [0.25, 0.3) is 6.08 Å². The van der Waals surface area contributed by atoms with Gasteiger partial charge >= 0.3 is 7.12 Å². The molecule has 0 atom stereocenters. The van der Waals surface area contributed by atoms with Gasteiger partial charge in [0.15, 0.2) is 0 Å². The molecule has 1 aliphatic rings. The van der Waals surface area contributed by atoms with E-state index in [0.717, 1.165) is 0 Å². The van der Waals surface area contributed by atoms with Crippen LogP contribution in [-0.4, -0.2) is 29.4 Å². The normalized spacial score (nSPS) is 20.1. The lowest BCUT2D eigenvalue weighted by Crippen LogP contribution is -2.41. The molecule has 5 nitrogen and oxygen atoms in total. The number of aromatic nitrogens is 1. The van der Waals surface area contributed by atoms with Gasteiger partial charge < -0.3 is 19.6 Å². The number of halogens is 1. The highest BCUT2D eigenvalue weighted by molar-refractivity contribution is 6.54. The minimum absolute atomic E-state index is 0.133. The Morgan fingerprint density at radius 3 is 2.48 bits per heavy atom. The van der Waals surface area contributed by atoms with Gasteiger partial charge in [-0.25, -0.2) is 4.39 Å². The van der Waals surface area contributed by atoms with E-state index in [1.165, 1.54) is 16.7 Å². The van der Waals surface area contributed by atoms with Crippen molar-refractivity contribution < 1.29 is 13.7 Å². The summed E-state index contributed by atoms with van der Waals surface area (Å²) in [6.07, 6.45) is 3.64. The van der Waals surface area contributed by atoms with Crippen LogP contribution in [-0.2, 0) is 15.9 Å². The molecule has 0 radical (unpaired) electrons. The topological polar surface area (TPSA) is 66.5 Å². The van der Waals surface area contributed by atoms with Gasteiger partial charge in [0.1, 0.15) is 5.73 Å². The van der Waals surface area contributed by atoms with Crippen molar-refractivity contribution in [1.82, 2.24) is 4.57 Å². The van der Waals surface area contributed by atoms with Crippen molar-refractivity contribution in [3.8, 4) is 0 Å². The number of pyridine rings is 1. The van der Waals surface area contributed by atoms with E-state index in [4.69, 9.17) is 15.0 Å². The van der Waals surface area contributed by atoms with E-state index in [-0.39, 0.29) is 5.56 Å². The number of nitrogens with two attached hydrogens (primary N) is 1. The summed E-state index contributed by atoms with van der Waals surface area (Å²) in [5.74, 6) is 0. The van der Waals surface area contributed by atoms with Crippen molar-refractivity contribution in [2.45, 2.75) is 51.9 Å². The number of aryl methyl sites for hydroxylation is 1. The SMILES string of the molecule is CC1(C)OB(C(F)=Cc2ccc(=O)n(CCCN)c2)OC1(C)C. The summed E-state index contributed by atoms with van der Waals surface area (Å²) in [6, 6.07) is 2.99. The Hall–Kier alpha value is -1.44. The van der Waals surface area contributed by atoms with Gasteiger partial charge in [0, 0.05) is 18.8 Å². The Bertz CT molecular complexity index is 639. The van der Waals surface area contributed by atoms with E-state index >= 15 is 0 Å². The Morgan fingerprint density at radius 2 is 1.91 bits per heavy atom. The third-order valence-electron chi connectivity index (χ3n) is 4.39. The van der Waals surface area contributed by atoms with Gasteiger partial charge in [-0.3, -0.25) is 4.79 Å². The molecule has 23 heavy (non-hydrogen) atoms. The zero-order valence-electron chi connectivity index (χ0n) is 14.1. The fraction of sp³-hybridized carbons (Fsp3) is 0.562. The average Bonchev–Trinajstić information content (AvgIpc) is 2.68. The highest BCUT2D eigenvalue weighted by Gasteiger charge is 2.53. The maximum absolute atomic E-state index is 14.5. The maximum Gasteiger partial charge on any atom is 0.525 e. The molecule has 1 aromatic rings. The van der Waals surface area contributed by atoms with Crippen LogP contribution in [0, 0.1) is 0 Å². The van der Waals surface area contributed by atoms with E-state index in [2.05, 4.69) is 0 Å². The van der Waals surface area contributed by atoms with Crippen molar-refractivity contribution in [3.63, 3.8) is 0 Å². The largest absolute Gasteiger partial charge is 0.525 e. The summed E-state index contributed by atoms with van der Waals surface area (Å²) in [7, 11) is -1.04. The molecule has 2 heterocycles. The lowest BCUT2D eigenvalue weighted by molar-refractivity contribution is 0.00578. The molecule has 1 aromatic heterocycles. The first-order chi connectivity index (χ1) is 10.7. The van der Waals surface area contributed by atoms with E-state index in [1.807, 2.05) is 27.7 Å². The molecule has 0 bridgehead atoms. The van der Waals surface area contributed by atoms with Gasteiger partial charge in [0.2, 0.25) is 0 Å². The summed E-state index contributed by atoms with van der Waals surface area (Å²) in [6.45, 7) is 8.48. The number of rotatable bonds is 5. The van der Waals surface area contributed by atoms with E-state index in [9.17, 15) is 9.18 Å². The Kier molecular flexibility index (Phi) is 5.13. The summed E-state index contributed by atoms with van der Waals surface area (Å²) in [4.78, 5) is 11.7. The third-order valence-corrected chi connectivity index (χ3v) is 4.39. The average molecular weight is 322 g/mol. The molecule has 1 fully saturated rings. The molecule has 0 aliphatic carbocycles. The second kappa shape index (κ2) is 6.59. The molecule has 0 unspecified atom stereocenters. The summed E-state index contributed by atoms with van der Waals surface area (Å²) < 4.78 is 27.3. The quantitative estimate of drug-likeness (QED) is 0.844. The monoisotopic (exact) mass is 322 g/mol. The Morgan fingerprint density at radius 1 is 1.30 bits per heavy atom. The molecule has 7 heteroatoms. The second-order valence-corrected chi connectivity index (χ2v) is 6.75. The van der Waals surface area contributed by atoms with Gasteiger partial charge in [0.05, 0.1) is 11.2 Å². The zero-order valence-corrected chi connectivity index (χ0v) is 14.1. The molecule has 2 rings (SSSR count). The van der Waals surface area contributed by atoms with Gasteiger partial charge in [-0.1, -0.05) is 0 Å². The minimum Gasteiger partial charge on any atom is -0.398 e. The molecule has 2 N–H and O–H groups in total. The highest BCUT2D eigenvalue weighted by Crippen LogP contribution is 2.38. The van der Waals surface area contributed by atoms with Crippen molar-refractivity contribution in [2.24, 2.45) is 5.73 Å². The van der Waals surface area contributed by atoms with Crippen LogP contribution in [0.2, 0.25) is 0 Å². The summed E-state index contributed by atoms with van der Waals surface area (Å²) in [5, 5.41) is 0. The molecule has 1 saturated heterocycles. The fourth-order valence-electron chi connectivity index (χ4n) is 2.25. The van der Waals surface area contributed by atoms with Crippen LogP contribution in [0.15, 0.2) is 28.9 Å². The molecule has 0 aromatic carbocycles. The van der Waals surface area contributed by atoms with Crippen molar-refractivity contribution in [2.75, 3.05) is 6.54 Å². The first kappa shape index (κ1) is 17.9. The lowest BCUT2D eigenvalue weighted by atomic mass is 9.87. The van der Waals surface area contributed by atoms with Crippen LogP contribution in [0.5, 0.6) is 0 Å². The van der Waals surface area contributed by atoms with Crippen LogP contribution < -0.4 is 11.3 Å². The Labute approximate surface area is 136 Å². The van der Waals surface area contributed by atoms with Crippen LogP contribution in [0.1, 0.15) is 39.7 Å². The predicted octanol–water partition coefficient (Wildman–Crippen LogP) is 2.14. The first-order valence-corrected chi connectivity index (χ1v) is 7.79. The Balaban J connectivity index is 2.20. The number of hydrogen-bond donors (Lipinski definition) is 1. The van der Waals surface area contributed by atoms with E-state index in [0.29, 0.717) is 25.1 Å². The predicted molar refractivity (Wildman–Crippen MR) is 89.5 cm³/mol. The van der Waals surface area contributed by atoms with Gasteiger partial charge in [-0.15, -0.1) is 0 Å². The molecule has 0 spiro atoms. The fourth-order valence-corrected chi connectivity index (χ4v) is 2.25. The molecule has 126 valence electrons. The van der Waals surface area contributed by atoms with Gasteiger partial charge in [0.25, 0.3) is 5.56 Å². The smallest absolute Gasteiger partial charge is 0.398 e.